The second-order valence-electron chi connectivity index (χ2n) is 6.05. The minimum atomic E-state index is 0.244. The van der Waals surface area contributed by atoms with E-state index in [2.05, 4.69) is 41.3 Å². The van der Waals surface area contributed by atoms with E-state index in [1.54, 1.807) is 0 Å². The third kappa shape index (κ3) is 4.39. The van der Waals surface area contributed by atoms with Crippen LogP contribution in [0.2, 0.25) is 0 Å². The third-order valence-corrected chi connectivity index (χ3v) is 4.18. The fraction of sp³-hybridized carbons (Fsp3) is 0.556. The standard InChI is InChI=1S/C18H25N3O2/c1-3-15-6-8-16(9-7-15)11-21-18(19-14(2)20-21)13-22-12-17-5-4-10-23-17/h6-9,17H,3-5,10-13H2,1-2H3/t17-/m0/s1. The SMILES string of the molecule is CCc1ccc(Cn2nc(C)nc2COC[C@@H]2CCCO2)cc1. The van der Waals surface area contributed by atoms with Crippen LogP contribution in [0.5, 0.6) is 0 Å². The van der Waals surface area contributed by atoms with Crippen molar-refractivity contribution in [2.24, 2.45) is 0 Å². The van der Waals surface area contributed by atoms with Crippen molar-refractivity contribution >= 4 is 0 Å². The van der Waals surface area contributed by atoms with E-state index < -0.39 is 0 Å². The van der Waals surface area contributed by atoms with Gasteiger partial charge in [0, 0.05) is 6.61 Å². The van der Waals surface area contributed by atoms with Gasteiger partial charge in [-0.2, -0.15) is 5.10 Å². The summed E-state index contributed by atoms with van der Waals surface area (Å²) in [7, 11) is 0. The Morgan fingerprint density at radius 3 is 2.74 bits per heavy atom. The number of aromatic nitrogens is 3. The van der Waals surface area contributed by atoms with Gasteiger partial charge < -0.3 is 9.47 Å². The summed E-state index contributed by atoms with van der Waals surface area (Å²) in [5, 5.41) is 4.49. The average Bonchev–Trinajstić information content (AvgIpc) is 3.18. The first-order chi connectivity index (χ1) is 11.2. The van der Waals surface area contributed by atoms with E-state index >= 15 is 0 Å². The van der Waals surface area contributed by atoms with Crippen LogP contribution in [0.1, 0.15) is 42.5 Å². The topological polar surface area (TPSA) is 49.2 Å². The number of rotatable bonds is 7. The molecule has 0 N–H and O–H groups in total. The summed E-state index contributed by atoms with van der Waals surface area (Å²) in [5.74, 6) is 1.66. The highest BCUT2D eigenvalue weighted by molar-refractivity contribution is 5.22. The maximum atomic E-state index is 5.78. The quantitative estimate of drug-likeness (QED) is 0.788. The highest BCUT2D eigenvalue weighted by atomic mass is 16.5. The smallest absolute Gasteiger partial charge is 0.153 e. The molecular weight excluding hydrogens is 290 g/mol. The van der Waals surface area contributed by atoms with Crippen LogP contribution in [0, 0.1) is 6.92 Å². The Kier molecular flexibility index (Phi) is 5.41. The molecule has 3 rings (SSSR count). The van der Waals surface area contributed by atoms with Gasteiger partial charge in [-0.15, -0.1) is 0 Å². The fourth-order valence-corrected chi connectivity index (χ4v) is 2.84. The molecular formula is C18H25N3O2. The van der Waals surface area contributed by atoms with Crippen LogP contribution in [-0.2, 0) is 29.0 Å². The lowest BCUT2D eigenvalue weighted by Gasteiger charge is -2.11. The number of benzene rings is 1. The molecule has 124 valence electrons. The molecule has 1 aliphatic rings. The van der Waals surface area contributed by atoms with Crippen LogP contribution in [0.15, 0.2) is 24.3 Å². The molecule has 0 bridgehead atoms. The molecule has 5 heteroatoms. The second-order valence-corrected chi connectivity index (χ2v) is 6.05. The van der Waals surface area contributed by atoms with Crippen molar-refractivity contribution in [1.82, 2.24) is 14.8 Å². The molecule has 0 amide bonds. The van der Waals surface area contributed by atoms with Crippen LogP contribution in [0.25, 0.3) is 0 Å². The second kappa shape index (κ2) is 7.70. The molecule has 0 radical (unpaired) electrons. The van der Waals surface area contributed by atoms with Gasteiger partial charge in [-0.05, 0) is 37.3 Å². The first-order valence-corrected chi connectivity index (χ1v) is 8.42. The zero-order chi connectivity index (χ0) is 16.1. The zero-order valence-electron chi connectivity index (χ0n) is 14.0. The summed E-state index contributed by atoms with van der Waals surface area (Å²) >= 11 is 0. The van der Waals surface area contributed by atoms with Gasteiger partial charge in [-0.3, -0.25) is 0 Å². The van der Waals surface area contributed by atoms with Gasteiger partial charge in [-0.25, -0.2) is 9.67 Å². The van der Waals surface area contributed by atoms with Gasteiger partial charge in [-0.1, -0.05) is 31.2 Å². The normalized spacial score (nSPS) is 17.7. The van der Waals surface area contributed by atoms with Crippen molar-refractivity contribution in [3.8, 4) is 0 Å². The molecule has 0 aliphatic carbocycles. The predicted octanol–water partition coefficient (Wildman–Crippen LogP) is 2.89. The van der Waals surface area contributed by atoms with Crippen molar-refractivity contribution in [3.63, 3.8) is 0 Å². The van der Waals surface area contributed by atoms with Crippen LogP contribution in [0.3, 0.4) is 0 Å². The molecule has 1 aliphatic heterocycles. The Morgan fingerprint density at radius 1 is 1.26 bits per heavy atom. The van der Waals surface area contributed by atoms with Crippen LogP contribution in [0.4, 0.5) is 0 Å². The van der Waals surface area contributed by atoms with Gasteiger partial charge in [0.1, 0.15) is 12.4 Å². The Hall–Kier alpha value is -1.72. The van der Waals surface area contributed by atoms with Crippen LogP contribution < -0.4 is 0 Å². The highest BCUT2D eigenvalue weighted by Gasteiger charge is 2.16. The van der Waals surface area contributed by atoms with Gasteiger partial charge in [0.2, 0.25) is 0 Å². The summed E-state index contributed by atoms with van der Waals surface area (Å²) in [6, 6.07) is 8.67. The number of hydrogen-bond acceptors (Lipinski definition) is 4. The highest BCUT2D eigenvalue weighted by Crippen LogP contribution is 2.13. The van der Waals surface area contributed by atoms with Crippen LogP contribution >= 0.6 is 0 Å². The zero-order valence-corrected chi connectivity index (χ0v) is 14.0. The van der Waals surface area contributed by atoms with E-state index in [4.69, 9.17) is 9.47 Å². The number of nitrogens with zero attached hydrogens (tertiary/aromatic N) is 3. The Balaban J connectivity index is 1.59. The van der Waals surface area contributed by atoms with E-state index in [9.17, 15) is 0 Å². The number of aryl methyl sites for hydroxylation is 2. The monoisotopic (exact) mass is 315 g/mol. The molecule has 1 aromatic heterocycles. The molecule has 1 atom stereocenters. The maximum Gasteiger partial charge on any atom is 0.153 e. The number of ether oxygens (including phenoxy) is 2. The molecule has 1 saturated heterocycles. The Labute approximate surface area is 137 Å². The fourth-order valence-electron chi connectivity index (χ4n) is 2.84. The van der Waals surface area contributed by atoms with Crippen molar-refractivity contribution in [2.45, 2.75) is 52.4 Å². The Morgan fingerprint density at radius 2 is 2.04 bits per heavy atom. The molecule has 2 heterocycles. The summed E-state index contributed by atoms with van der Waals surface area (Å²) in [4.78, 5) is 4.49. The van der Waals surface area contributed by atoms with Gasteiger partial charge in [0.05, 0.1) is 19.3 Å². The number of hydrogen-bond donors (Lipinski definition) is 0. The third-order valence-electron chi connectivity index (χ3n) is 4.18. The lowest BCUT2D eigenvalue weighted by atomic mass is 10.1. The molecule has 1 fully saturated rings. The molecule has 0 unspecified atom stereocenters. The van der Waals surface area contributed by atoms with Gasteiger partial charge in [0.15, 0.2) is 5.82 Å². The van der Waals surface area contributed by atoms with Crippen molar-refractivity contribution in [1.29, 1.82) is 0 Å². The first-order valence-electron chi connectivity index (χ1n) is 8.42. The molecule has 2 aromatic rings. The van der Waals surface area contributed by atoms with Gasteiger partial charge in [0.25, 0.3) is 0 Å². The molecule has 0 saturated carbocycles. The minimum Gasteiger partial charge on any atom is -0.376 e. The van der Waals surface area contributed by atoms with Crippen molar-refractivity contribution in [3.05, 3.63) is 47.0 Å². The summed E-state index contributed by atoms with van der Waals surface area (Å²) in [5.41, 5.74) is 2.58. The molecule has 1 aromatic carbocycles. The maximum absolute atomic E-state index is 5.78. The largest absolute Gasteiger partial charge is 0.376 e. The molecule has 23 heavy (non-hydrogen) atoms. The molecule has 5 nitrogen and oxygen atoms in total. The summed E-state index contributed by atoms with van der Waals surface area (Å²) in [6.45, 7) is 6.78. The van der Waals surface area contributed by atoms with E-state index in [1.807, 2.05) is 11.6 Å². The van der Waals surface area contributed by atoms with E-state index in [1.165, 1.54) is 11.1 Å². The van der Waals surface area contributed by atoms with Crippen LogP contribution in [-0.4, -0.2) is 34.1 Å². The first kappa shape index (κ1) is 16.1. The molecule has 0 spiro atoms. The van der Waals surface area contributed by atoms with E-state index in [0.717, 1.165) is 44.1 Å². The lowest BCUT2D eigenvalue weighted by Crippen LogP contribution is -2.16. The van der Waals surface area contributed by atoms with E-state index in [0.29, 0.717) is 13.2 Å². The van der Waals surface area contributed by atoms with Crippen molar-refractivity contribution in [2.75, 3.05) is 13.2 Å². The van der Waals surface area contributed by atoms with Gasteiger partial charge >= 0.3 is 0 Å². The van der Waals surface area contributed by atoms with E-state index in [-0.39, 0.29) is 6.10 Å². The summed E-state index contributed by atoms with van der Waals surface area (Å²) in [6.07, 6.45) is 3.53. The summed E-state index contributed by atoms with van der Waals surface area (Å²) < 4.78 is 13.3. The minimum absolute atomic E-state index is 0.244. The van der Waals surface area contributed by atoms with Crippen molar-refractivity contribution < 1.29 is 9.47 Å². The predicted molar refractivity (Wildman–Crippen MR) is 88.3 cm³/mol. The average molecular weight is 315 g/mol. The lowest BCUT2D eigenvalue weighted by molar-refractivity contribution is 0.00771. The Bertz CT molecular complexity index is 616.